The van der Waals surface area contributed by atoms with Crippen LogP contribution in [0.4, 0.5) is 5.69 Å². The molecule has 0 spiro atoms. The highest BCUT2D eigenvalue weighted by molar-refractivity contribution is 6.19. The lowest BCUT2D eigenvalue weighted by Crippen LogP contribution is -2.45. The molecular formula is C22H22N2O3. The summed E-state index contributed by atoms with van der Waals surface area (Å²) in [6, 6.07) is 17.0. The van der Waals surface area contributed by atoms with Crippen molar-refractivity contribution in [3.05, 3.63) is 65.7 Å². The van der Waals surface area contributed by atoms with E-state index in [-0.39, 0.29) is 36.0 Å². The molecular weight excluding hydrogens is 340 g/mol. The molecule has 1 aliphatic carbocycles. The third-order valence-corrected chi connectivity index (χ3v) is 5.72. The number of amides is 3. The van der Waals surface area contributed by atoms with E-state index in [4.69, 9.17) is 0 Å². The molecule has 1 saturated heterocycles. The lowest BCUT2D eigenvalue weighted by molar-refractivity contribution is -0.121. The summed E-state index contributed by atoms with van der Waals surface area (Å²) in [5.41, 5.74) is 2.36. The minimum atomic E-state index is -0.188. The van der Waals surface area contributed by atoms with Gasteiger partial charge in [0.05, 0.1) is 5.69 Å². The highest BCUT2D eigenvalue weighted by Gasteiger charge is 2.38. The molecule has 4 rings (SSSR count). The van der Waals surface area contributed by atoms with Crippen LogP contribution in [0.15, 0.2) is 54.6 Å². The van der Waals surface area contributed by atoms with Crippen molar-refractivity contribution < 1.29 is 14.4 Å². The maximum Gasteiger partial charge on any atom is 0.251 e. The Kier molecular flexibility index (Phi) is 4.52. The molecule has 2 fully saturated rings. The number of carbonyl (C=O) groups excluding carboxylic acids is 3. The van der Waals surface area contributed by atoms with E-state index in [0.29, 0.717) is 17.8 Å². The summed E-state index contributed by atoms with van der Waals surface area (Å²) < 4.78 is 0. The lowest BCUT2D eigenvalue weighted by Gasteiger charge is -2.42. The van der Waals surface area contributed by atoms with E-state index in [1.807, 2.05) is 18.2 Å². The molecule has 0 bridgehead atoms. The number of anilines is 1. The van der Waals surface area contributed by atoms with Crippen LogP contribution in [0.1, 0.15) is 48.0 Å². The van der Waals surface area contributed by atoms with Crippen molar-refractivity contribution in [1.82, 2.24) is 5.32 Å². The second-order valence-electron chi connectivity index (χ2n) is 7.35. The average molecular weight is 362 g/mol. The van der Waals surface area contributed by atoms with Crippen LogP contribution in [-0.2, 0) is 15.0 Å². The predicted molar refractivity (Wildman–Crippen MR) is 102 cm³/mol. The first kappa shape index (κ1) is 17.5. The van der Waals surface area contributed by atoms with Crippen molar-refractivity contribution in [2.45, 2.75) is 37.5 Å². The van der Waals surface area contributed by atoms with E-state index >= 15 is 0 Å². The maximum atomic E-state index is 12.6. The van der Waals surface area contributed by atoms with Crippen LogP contribution >= 0.6 is 0 Å². The third-order valence-electron chi connectivity index (χ3n) is 5.72. The van der Waals surface area contributed by atoms with Gasteiger partial charge in [0.2, 0.25) is 11.8 Å². The minimum Gasteiger partial charge on any atom is -0.351 e. The fourth-order valence-electron chi connectivity index (χ4n) is 3.94. The van der Waals surface area contributed by atoms with Crippen LogP contribution in [0.3, 0.4) is 0 Å². The molecule has 1 N–H and O–H groups in total. The molecule has 0 atom stereocenters. The Labute approximate surface area is 158 Å². The van der Waals surface area contributed by atoms with Gasteiger partial charge in [-0.15, -0.1) is 0 Å². The van der Waals surface area contributed by atoms with Crippen molar-refractivity contribution in [1.29, 1.82) is 0 Å². The first-order valence-corrected chi connectivity index (χ1v) is 9.39. The molecule has 0 unspecified atom stereocenters. The summed E-state index contributed by atoms with van der Waals surface area (Å²) in [6.07, 6.45) is 3.84. The minimum absolute atomic E-state index is 0.0330. The summed E-state index contributed by atoms with van der Waals surface area (Å²) in [4.78, 5) is 37.4. The van der Waals surface area contributed by atoms with Gasteiger partial charge in [-0.3, -0.25) is 19.3 Å². The molecule has 2 aromatic carbocycles. The van der Waals surface area contributed by atoms with Crippen molar-refractivity contribution in [2.75, 3.05) is 11.4 Å². The highest BCUT2D eigenvalue weighted by atomic mass is 16.2. The van der Waals surface area contributed by atoms with Gasteiger partial charge in [-0.1, -0.05) is 36.8 Å². The SMILES string of the molecule is O=C(NCC1(c2ccccc2)CCC1)c1ccc(N2C(=O)CCC2=O)cc1. The van der Waals surface area contributed by atoms with Gasteiger partial charge >= 0.3 is 0 Å². The van der Waals surface area contributed by atoms with Crippen LogP contribution in [0.5, 0.6) is 0 Å². The zero-order valence-electron chi connectivity index (χ0n) is 15.1. The van der Waals surface area contributed by atoms with Crippen LogP contribution in [0.2, 0.25) is 0 Å². The fraction of sp³-hybridized carbons (Fsp3) is 0.318. The molecule has 0 aromatic heterocycles. The summed E-state index contributed by atoms with van der Waals surface area (Å²) >= 11 is 0. The van der Waals surface area contributed by atoms with Gasteiger partial charge in [0.15, 0.2) is 0 Å². The van der Waals surface area contributed by atoms with E-state index in [1.54, 1.807) is 24.3 Å². The monoisotopic (exact) mass is 362 g/mol. The molecule has 2 aliphatic rings. The quantitative estimate of drug-likeness (QED) is 0.831. The zero-order chi connectivity index (χ0) is 18.9. The Bertz CT molecular complexity index is 854. The molecule has 3 amide bonds. The number of rotatable bonds is 5. The summed E-state index contributed by atoms with van der Waals surface area (Å²) in [5.74, 6) is -0.512. The first-order valence-electron chi connectivity index (χ1n) is 9.39. The molecule has 2 aromatic rings. The molecule has 1 heterocycles. The number of nitrogens with zero attached hydrogens (tertiary/aromatic N) is 1. The van der Waals surface area contributed by atoms with Crippen LogP contribution in [-0.4, -0.2) is 24.3 Å². The standard InChI is InChI=1S/C22H22N2O3/c25-19-11-12-20(26)24(19)18-9-7-16(8-10-18)21(27)23-15-22(13-4-14-22)17-5-2-1-3-6-17/h1-3,5-10H,4,11-15H2,(H,23,27). The Balaban J connectivity index is 1.43. The van der Waals surface area contributed by atoms with Gasteiger partial charge in [-0.05, 0) is 42.7 Å². The topological polar surface area (TPSA) is 66.5 Å². The molecule has 1 saturated carbocycles. The van der Waals surface area contributed by atoms with Gasteiger partial charge in [0.25, 0.3) is 5.91 Å². The van der Waals surface area contributed by atoms with Gasteiger partial charge in [-0.25, -0.2) is 0 Å². The van der Waals surface area contributed by atoms with Crippen molar-refractivity contribution in [2.24, 2.45) is 0 Å². The van der Waals surface area contributed by atoms with Crippen LogP contribution in [0, 0.1) is 0 Å². The maximum absolute atomic E-state index is 12.6. The first-order chi connectivity index (χ1) is 13.1. The number of hydrogen-bond acceptors (Lipinski definition) is 3. The second-order valence-corrected chi connectivity index (χ2v) is 7.35. The Morgan fingerprint density at radius 2 is 1.56 bits per heavy atom. The van der Waals surface area contributed by atoms with Crippen molar-refractivity contribution in [3.8, 4) is 0 Å². The predicted octanol–water partition coefficient (Wildman–Crippen LogP) is 3.19. The Morgan fingerprint density at radius 3 is 2.11 bits per heavy atom. The van der Waals surface area contributed by atoms with E-state index in [1.165, 1.54) is 16.9 Å². The van der Waals surface area contributed by atoms with Gasteiger partial charge < -0.3 is 5.32 Å². The lowest BCUT2D eigenvalue weighted by atomic mass is 9.64. The Morgan fingerprint density at radius 1 is 0.926 bits per heavy atom. The van der Waals surface area contributed by atoms with Crippen molar-refractivity contribution >= 4 is 23.4 Å². The number of nitrogens with one attached hydrogen (secondary N) is 1. The van der Waals surface area contributed by atoms with E-state index in [9.17, 15) is 14.4 Å². The number of hydrogen-bond donors (Lipinski definition) is 1. The largest absolute Gasteiger partial charge is 0.351 e. The fourth-order valence-corrected chi connectivity index (χ4v) is 3.94. The Hall–Kier alpha value is -2.95. The summed E-state index contributed by atoms with van der Waals surface area (Å²) in [6.45, 7) is 0.612. The smallest absolute Gasteiger partial charge is 0.251 e. The molecule has 5 nitrogen and oxygen atoms in total. The second kappa shape index (κ2) is 6.99. The van der Waals surface area contributed by atoms with Gasteiger partial charge in [0.1, 0.15) is 0 Å². The van der Waals surface area contributed by atoms with E-state index < -0.39 is 0 Å². The van der Waals surface area contributed by atoms with E-state index in [0.717, 1.165) is 12.8 Å². The van der Waals surface area contributed by atoms with Gasteiger partial charge in [0, 0.05) is 30.4 Å². The van der Waals surface area contributed by atoms with Crippen LogP contribution in [0.25, 0.3) is 0 Å². The molecule has 27 heavy (non-hydrogen) atoms. The summed E-state index contributed by atoms with van der Waals surface area (Å²) in [5, 5.41) is 3.06. The number of carbonyl (C=O) groups is 3. The van der Waals surface area contributed by atoms with Crippen LogP contribution < -0.4 is 10.2 Å². The number of benzene rings is 2. The number of imide groups is 1. The molecule has 138 valence electrons. The van der Waals surface area contributed by atoms with E-state index in [2.05, 4.69) is 17.4 Å². The summed E-state index contributed by atoms with van der Waals surface area (Å²) in [7, 11) is 0. The molecule has 0 radical (unpaired) electrons. The van der Waals surface area contributed by atoms with Gasteiger partial charge in [-0.2, -0.15) is 0 Å². The molecule has 1 aliphatic heterocycles. The highest BCUT2D eigenvalue weighted by Crippen LogP contribution is 2.43. The zero-order valence-corrected chi connectivity index (χ0v) is 15.1. The average Bonchev–Trinajstić information content (AvgIpc) is 3.00. The van der Waals surface area contributed by atoms with Crippen molar-refractivity contribution in [3.63, 3.8) is 0 Å². The normalized spacial score (nSPS) is 18.3. The third kappa shape index (κ3) is 3.25. The molecule has 5 heteroatoms.